The van der Waals surface area contributed by atoms with E-state index in [9.17, 15) is 9.59 Å². The Balaban J connectivity index is 1.57. The summed E-state index contributed by atoms with van der Waals surface area (Å²) in [5.74, 6) is -0.551. The van der Waals surface area contributed by atoms with Crippen molar-refractivity contribution in [2.75, 3.05) is 18.0 Å². The number of rotatable bonds is 2. The fraction of sp³-hybridized carbons (Fsp3) is 0.333. The maximum Gasteiger partial charge on any atom is 0.253 e. The van der Waals surface area contributed by atoms with E-state index >= 15 is 0 Å². The van der Waals surface area contributed by atoms with Crippen LogP contribution in [-0.2, 0) is 9.59 Å². The Bertz CT molecular complexity index is 912. The molecule has 3 aliphatic heterocycles. The van der Waals surface area contributed by atoms with E-state index < -0.39 is 6.04 Å². The molecule has 0 bridgehead atoms. The van der Waals surface area contributed by atoms with E-state index in [4.69, 9.17) is 0 Å². The molecule has 0 spiro atoms. The molecular weight excluding hydrogens is 406 g/mol. The molecule has 2 aromatic rings. The molecule has 2 aromatic carbocycles. The Morgan fingerprint density at radius 1 is 0.852 bits per heavy atom. The summed E-state index contributed by atoms with van der Waals surface area (Å²) < 4.78 is 0.925. The number of aryl methyl sites for hydroxylation is 1. The van der Waals surface area contributed by atoms with Gasteiger partial charge in [-0.15, -0.1) is 0 Å². The second-order valence-corrected chi connectivity index (χ2v) is 8.41. The monoisotopic (exact) mass is 425 g/mol. The average molecular weight is 426 g/mol. The quantitative estimate of drug-likeness (QED) is 0.692. The highest BCUT2D eigenvalue weighted by molar-refractivity contribution is 9.10. The topological polar surface area (TPSA) is 43.9 Å². The van der Waals surface area contributed by atoms with Crippen molar-refractivity contribution in [2.45, 2.75) is 25.4 Å². The smallest absolute Gasteiger partial charge is 0.253 e. The number of amides is 2. The Morgan fingerprint density at radius 3 is 2.15 bits per heavy atom. The van der Waals surface area contributed by atoms with Gasteiger partial charge in [-0.1, -0.05) is 45.8 Å². The number of hydrogen-bond donors (Lipinski definition) is 0. The minimum absolute atomic E-state index is 0.0741. The van der Waals surface area contributed by atoms with Gasteiger partial charge >= 0.3 is 0 Å². The Hall–Kier alpha value is -2.02. The third-order valence-corrected chi connectivity index (χ3v) is 6.44. The highest BCUT2D eigenvalue weighted by Gasteiger charge is 2.62. The van der Waals surface area contributed by atoms with Gasteiger partial charge in [0.05, 0.1) is 17.6 Å². The van der Waals surface area contributed by atoms with Crippen molar-refractivity contribution >= 4 is 33.4 Å². The lowest BCUT2D eigenvalue weighted by Crippen LogP contribution is -2.44. The number of hydrazine groups is 1. The molecule has 3 unspecified atom stereocenters. The van der Waals surface area contributed by atoms with Gasteiger partial charge < -0.3 is 0 Å². The first-order valence-corrected chi connectivity index (χ1v) is 10.1. The van der Waals surface area contributed by atoms with Crippen LogP contribution in [0, 0.1) is 12.8 Å². The van der Waals surface area contributed by atoms with Crippen molar-refractivity contribution in [3.05, 3.63) is 64.1 Å². The minimum atomic E-state index is -0.394. The Labute approximate surface area is 166 Å². The molecule has 0 aliphatic carbocycles. The number of nitrogens with zero attached hydrogens (tertiary/aromatic N) is 3. The number of anilines is 1. The lowest BCUT2D eigenvalue weighted by Gasteiger charge is -2.29. The third-order valence-electron chi connectivity index (χ3n) is 5.91. The van der Waals surface area contributed by atoms with Crippen LogP contribution in [0.5, 0.6) is 0 Å². The van der Waals surface area contributed by atoms with Gasteiger partial charge in [0, 0.05) is 17.6 Å². The largest absolute Gasteiger partial charge is 0.274 e. The van der Waals surface area contributed by atoms with E-state index in [1.54, 1.807) is 0 Å². The molecule has 6 heteroatoms. The first-order valence-electron chi connectivity index (χ1n) is 9.29. The first kappa shape index (κ1) is 17.1. The summed E-state index contributed by atoms with van der Waals surface area (Å²) in [5, 5.41) is 4.38. The van der Waals surface area contributed by atoms with Gasteiger partial charge in [-0.25, -0.2) is 14.9 Å². The van der Waals surface area contributed by atoms with Crippen molar-refractivity contribution < 1.29 is 9.59 Å². The molecule has 27 heavy (non-hydrogen) atoms. The summed E-state index contributed by atoms with van der Waals surface area (Å²) in [6.07, 6.45) is 1.02. The molecule has 2 amide bonds. The summed E-state index contributed by atoms with van der Waals surface area (Å²) >= 11 is 3.41. The highest BCUT2D eigenvalue weighted by Crippen LogP contribution is 2.48. The van der Waals surface area contributed by atoms with Gasteiger partial charge in [-0.2, -0.15) is 0 Å². The summed E-state index contributed by atoms with van der Waals surface area (Å²) in [7, 11) is 0. The van der Waals surface area contributed by atoms with Crippen molar-refractivity contribution in [2.24, 2.45) is 5.92 Å². The highest BCUT2D eigenvalue weighted by atomic mass is 79.9. The number of benzene rings is 2. The van der Waals surface area contributed by atoms with E-state index in [-0.39, 0.29) is 23.8 Å². The molecule has 5 nitrogen and oxygen atoms in total. The molecule has 0 aromatic heterocycles. The minimum Gasteiger partial charge on any atom is -0.274 e. The van der Waals surface area contributed by atoms with Gasteiger partial charge in [0.15, 0.2) is 0 Å². The molecule has 3 heterocycles. The van der Waals surface area contributed by atoms with Crippen molar-refractivity contribution in [1.29, 1.82) is 0 Å². The van der Waals surface area contributed by atoms with Crippen LogP contribution in [0.2, 0.25) is 0 Å². The van der Waals surface area contributed by atoms with Crippen LogP contribution < -0.4 is 4.90 Å². The van der Waals surface area contributed by atoms with Crippen LogP contribution in [0.25, 0.3) is 0 Å². The third kappa shape index (κ3) is 2.51. The van der Waals surface area contributed by atoms with Gasteiger partial charge in [-0.3, -0.25) is 9.59 Å². The molecule has 0 radical (unpaired) electrons. The second kappa shape index (κ2) is 6.26. The molecule has 3 fully saturated rings. The summed E-state index contributed by atoms with van der Waals surface area (Å²) in [4.78, 5) is 28.1. The van der Waals surface area contributed by atoms with Crippen LogP contribution in [0.15, 0.2) is 53.0 Å². The number of imide groups is 1. The van der Waals surface area contributed by atoms with Crippen LogP contribution in [0.1, 0.15) is 23.6 Å². The Morgan fingerprint density at radius 2 is 1.48 bits per heavy atom. The summed E-state index contributed by atoms with van der Waals surface area (Å²) in [6.45, 7) is 3.78. The molecule has 3 aliphatic rings. The van der Waals surface area contributed by atoms with Crippen molar-refractivity contribution in [1.82, 2.24) is 10.0 Å². The van der Waals surface area contributed by atoms with Crippen LogP contribution in [0.4, 0.5) is 5.69 Å². The summed E-state index contributed by atoms with van der Waals surface area (Å²) in [6, 6.07) is 15.3. The molecule has 138 valence electrons. The van der Waals surface area contributed by atoms with Crippen LogP contribution in [0.3, 0.4) is 0 Å². The Kier molecular flexibility index (Phi) is 3.96. The number of hydrogen-bond acceptors (Lipinski definition) is 4. The molecular formula is C21H20BrN3O2. The van der Waals surface area contributed by atoms with Crippen LogP contribution >= 0.6 is 15.9 Å². The van der Waals surface area contributed by atoms with Crippen LogP contribution in [-0.4, -0.2) is 41.0 Å². The van der Waals surface area contributed by atoms with Gasteiger partial charge in [0.1, 0.15) is 6.04 Å². The van der Waals surface area contributed by atoms with E-state index in [1.807, 2.05) is 24.3 Å². The fourth-order valence-electron chi connectivity index (χ4n) is 4.72. The lowest BCUT2D eigenvalue weighted by atomic mass is 9.89. The number of carbonyl (C=O) groups excluding carboxylic acids is 2. The van der Waals surface area contributed by atoms with E-state index in [2.05, 4.69) is 57.1 Å². The molecule has 3 atom stereocenters. The second-order valence-electron chi connectivity index (χ2n) is 7.49. The molecule has 0 N–H and O–H groups in total. The molecule has 5 rings (SSSR count). The molecule has 0 saturated carbocycles. The fourth-order valence-corrected chi connectivity index (χ4v) is 4.99. The van der Waals surface area contributed by atoms with Gasteiger partial charge in [0.25, 0.3) is 5.91 Å². The predicted octanol–water partition coefficient (Wildman–Crippen LogP) is 3.29. The zero-order valence-corrected chi connectivity index (χ0v) is 16.6. The summed E-state index contributed by atoms with van der Waals surface area (Å²) in [5.41, 5.74) is 2.95. The SMILES string of the molecule is Cc1ccc(C2C3C(=O)N(c4ccc(Br)cc4)C(=O)C3N3CCCN23)cc1. The normalized spacial score (nSPS) is 28.1. The average Bonchev–Trinajstić information content (AvgIpc) is 3.30. The van der Waals surface area contributed by atoms with Crippen molar-refractivity contribution in [3.63, 3.8) is 0 Å². The number of fused-ring (bicyclic) bond motifs is 3. The molecule has 3 saturated heterocycles. The van der Waals surface area contributed by atoms with Gasteiger partial charge in [-0.05, 0) is 43.2 Å². The van der Waals surface area contributed by atoms with Crippen molar-refractivity contribution in [3.8, 4) is 0 Å². The van der Waals surface area contributed by atoms with E-state index in [0.717, 1.165) is 29.5 Å². The lowest BCUT2D eigenvalue weighted by molar-refractivity contribution is -0.126. The van der Waals surface area contributed by atoms with Gasteiger partial charge in [0.2, 0.25) is 5.91 Å². The zero-order valence-electron chi connectivity index (χ0n) is 15.0. The maximum atomic E-state index is 13.4. The maximum absolute atomic E-state index is 13.4. The van der Waals surface area contributed by atoms with E-state index in [0.29, 0.717) is 5.69 Å². The first-order chi connectivity index (χ1) is 13.1. The number of halogens is 1. The zero-order chi connectivity index (χ0) is 18.7. The number of carbonyl (C=O) groups is 2. The predicted molar refractivity (Wildman–Crippen MR) is 106 cm³/mol. The van der Waals surface area contributed by atoms with E-state index in [1.165, 1.54) is 10.5 Å². The standard InChI is InChI=1S/C21H20BrN3O2/c1-13-3-5-14(6-4-13)18-17-19(24-12-2-11-23(18)24)21(27)25(20(17)26)16-9-7-15(22)8-10-16/h3-10,17-19H,2,11-12H2,1H3.